The second kappa shape index (κ2) is 8.48. The van der Waals surface area contributed by atoms with Crippen molar-refractivity contribution in [1.29, 1.82) is 0 Å². The predicted octanol–water partition coefficient (Wildman–Crippen LogP) is -1.91. The zero-order chi connectivity index (χ0) is 13.3. The maximum absolute atomic E-state index is 11.2. The van der Waals surface area contributed by atoms with E-state index in [-0.39, 0.29) is 13.2 Å². The highest BCUT2D eigenvalue weighted by atomic mass is 16.5. The molecule has 0 aliphatic heterocycles. The zero-order valence-electron chi connectivity index (χ0n) is 9.47. The number of hydrogen-bond donors (Lipinski definition) is 3. The number of amides is 2. The van der Waals surface area contributed by atoms with Crippen LogP contribution in [0.2, 0.25) is 0 Å². The van der Waals surface area contributed by atoms with Crippen LogP contribution >= 0.6 is 0 Å². The zero-order valence-corrected chi connectivity index (χ0v) is 9.47. The van der Waals surface area contributed by atoms with Crippen molar-refractivity contribution in [2.24, 2.45) is 5.73 Å². The van der Waals surface area contributed by atoms with Crippen LogP contribution in [-0.2, 0) is 23.9 Å². The molecule has 98 valence electrons. The average molecular weight is 248 g/mol. The van der Waals surface area contributed by atoms with E-state index in [0.717, 1.165) is 0 Å². The number of ether oxygens (including phenoxy) is 2. The van der Waals surface area contributed by atoms with E-state index in [4.69, 9.17) is 15.6 Å². The molecule has 8 heteroatoms. The van der Waals surface area contributed by atoms with Crippen molar-refractivity contribution >= 4 is 17.8 Å². The van der Waals surface area contributed by atoms with E-state index < -0.39 is 30.2 Å². The minimum atomic E-state index is -1.33. The second-order valence-electron chi connectivity index (χ2n) is 3.17. The summed E-state index contributed by atoms with van der Waals surface area (Å²) >= 11 is 0. The van der Waals surface area contributed by atoms with Crippen molar-refractivity contribution in [3.05, 3.63) is 0 Å². The Morgan fingerprint density at radius 1 is 1.35 bits per heavy atom. The van der Waals surface area contributed by atoms with Crippen LogP contribution in [0.15, 0.2) is 0 Å². The lowest BCUT2D eigenvalue weighted by molar-refractivity contribution is -0.144. The lowest BCUT2D eigenvalue weighted by Gasteiger charge is -2.12. The number of primary amides is 1. The van der Waals surface area contributed by atoms with E-state index in [1.54, 1.807) is 0 Å². The van der Waals surface area contributed by atoms with Gasteiger partial charge in [-0.15, -0.1) is 0 Å². The van der Waals surface area contributed by atoms with Gasteiger partial charge >= 0.3 is 5.97 Å². The minimum absolute atomic E-state index is 0.220. The molecule has 0 fully saturated rings. The molecular weight excluding hydrogens is 232 g/mol. The van der Waals surface area contributed by atoms with Crippen LogP contribution in [0.25, 0.3) is 0 Å². The number of carbonyl (C=O) groups excluding carboxylic acids is 2. The molecule has 1 unspecified atom stereocenters. The summed E-state index contributed by atoms with van der Waals surface area (Å²) in [5, 5.41) is 10.8. The Bertz CT molecular complexity index is 281. The third-order valence-electron chi connectivity index (χ3n) is 1.70. The number of nitrogens with two attached hydrogens (primary N) is 1. The molecule has 0 spiro atoms. The van der Waals surface area contributed by atoms with Crippen molar-refractivity contribution in [2.45, 2.75) is 12.5 Å². The molecule has 0 radical (unpaired) electrons. The number of carboxylic acids is 1. The Kier molecular flexibility index (Phi) is 7.65. The van der Waals surface area contributed by atoms with E-state index in [9.17, 15) is 14.4 Å². The largest absolute Gasteiger partial charge is 0.480 e. The molecule has 4 N–H and O–H groups in total. The maximum Gasteiger partial charge on any atom is 0.326 e. The van der Waals surface area contributed by atoms with Gasteiger partial charge < -0.3 is 25.6 Å². The van der Waals surface area contributed by atoms with Gasteiger partial charge in [-0.2, -0.15) is 0 Å². The quantitative estimate of drug-likeness (QED) is 0.409. The standard InChI is InChI=1S/C9H16N2O6/c1-16-2-3-17-5-8(13)11-6(9(14)15)4-7(10)12/h6H,2-5H2,1H3,(H2,10,12)(H,11,13)(H,14,15). The topological polar surface area (TPSA) is 128 Å². The molecule has 0 saturated carbocycles. The van der Waals surface area contributed by atoms with Crippen molar-refractivity contribution < 1.29 is 29.0 Å². The second-order valence-corrected chi connectivity index (χ2v) is 3.17. The van der Waals surface area contributed by atoms with Crippen molar-refractivity contribution in [2.75, 3.05) is 26.9 Å². The van der Waals surface area contributed by atoms with Gasteiger partial charge in [-0.25, -0.2) is 4.79 Å². The number of aliphatic carboxylic acids is 1. The number of rotatable bonds is 9. The number of methoxy groups -OCH3 is 1. The minimum Gasteiger partial charge on any atom is -0.480 e. The van der Waals surface area contributed by atoms with Gasteiger partial charge in [0.2, 0.25) is 11.8 Å². The van der Waals surface area contributed by atoms with Gasteiger partial charge in [0, 0.05) is 7.11 Å². The van der Waals surface area contributed by atoms with Gasteiger partial charge in [0.05, 0.1) is 19.6 Å². The highest BCUT2D eigenvalue weighted by molar-refractivity contribution is 5.88. The SMILES string of the molecule is COCCOCC(=O)NC(CC(N)=O)C(=O)O. The van der Waals surface area contributed by atoms with Gasteiger partial charge in [-0.3, -0.25) is 9.59 Å². The Labute approximate surface area is 98.1 Å². The number of hydrogen-bond acceptors (Lipinski definition) is 5. The lowest BCUT2D eigenvalue weighted by atomic mass is 10.2. The summed E-state index contributed by atoms with van der Waals surface area (Å²) < 4.78 is 9.56. The third kappa shape index (κ3) is 8.17. The van der Waals surface area contributed by atoms with Crippen LogP contribution in [0.1, 0.15) is 6.42 Å². The van der Waals surface area contributed by atoms with Gasteiger partial charge in [0.1, 0.15) is 12.6 Å². The molecule has 1 atom stereocenters. The van der Waals surface area contributed by atoms with E-state index in [1.165, 1.54) is 7.11 Å². The summed E-state index contributed by atoms with van der Waals surface area (Å²) in [6, 6.07) is -1.33. The molecule has 0 aliphatic rings. The molecule has 2 amide bonds. The fourth-order valence-corrected chi connectivity index (χ4v) is 0.944. The molecule has 0 rings (SSSR count). The van der Waals surface area contributed by atoms with Crippen LogP contribution in [0.5, 0.6) is 0 Å². The number of nitrogens with one attached hydrogen (secondary N) is 1. The highest BCUT2D eigenvalue weighted by Crippen LogP contribution is 1.92. The first-order valence-corrected chi connectivity index (χ1v) is 4.84. The molecule has 0 heterocycles. The van der Waals surface area contributed by atoms with Gasteiger partial charge in [-0.1, -0.05) is 0 Å². The normalized spacial score (nSPS) is 11.8. The molecule has 0 aromatic rings. The van der Waals surface area contributed by atoms with Crippen molar-refractivity contribution in [3.8, 4) is 0 Å². The monoisotopic (exact) mass is 248 g/mol. The summed E-state index contributed by atoms with van der Waals surface area (Å²) in [5.41, 5.74) is 4.85. The Morgan fingerprint density at radius 3 is 2.47 bits per heavy atom. The molecular formula is C9H16N2O6. The highest BCUT2D eigenvalue weighted by Gasteiger charge is 2.21. The van der Waals surface area contributed by atoms with Crippen molar-refractivity contribution in [3.63, 3.8) is 0 Å². The summed E-state index contributed by atoms with van der Waals surface area (Å²) in [4.78, 5) is 32.4. The van der Waals surface area contributed by atoms with Gasteiger partial charge in [-0.05, 0) is 0 Å². The molecule has 0 aliphatic carbocycles. The lowest BCUT2D eigenvalue weighted by Crippen LogP contribution is -2.44. The summed E-state index contributed by atoms with van der Waals surface area (Å²) in [5.74, 6) is -2.76. The van der Waals surface area contributed by atoms with E-state index in [0.29, 0.717) is 6.61 Å². The summed E-state index contributed by atoms with van der Waals surface area (Å²) in [7, 11) is 1.48. The predicted molar refractivity (Wildman–Crippen MR) is 56.1 cm³/mol. The molecule has 0 aromatic carbocycles. The van der Waals surface area contributed by atoms with Crippen LogP contribution < -0.4 is 11.1 Å². The van der Waals surface area contributed by atoms with E-state index >= 15 is 0 Å². The first kappa shape index (κ1) is 15.3. The number of carboxylic acid groups (broad SMARTS) is 1. The van der Waals surface area contributed by atoms with Crippen molar-refractivity contribution in [1.82, 2.24) is 5.32 Å². The smallest absolute Gasteiger partial charge is 0.326 e. The first-order chi connectivity index (χ1) is 7.97. The average Bonchev–Trinajstić information content (AvgIpc) is 2.22. The van der Waals surface area contributed by atoms with Crippen LogP contribution in [0.3, 0.4) is 0 Å². The summed E-state index contributed by atoms with van der Waals surface area (Å²) in [6.07, 6.45) is -0.459. The van der Waals surface area contributed by atoms with Gasteiger partial charge in [0.25, 0.3) is 0 Å². The Hall–Kier alpha value is -1.67. The molecule has 8 nitrogen and oxygen atoms in total. The maximum atomic E-state index is 11.2. The summed E-state index contributed by atoms with van der Waals surface area (Å²) in [6.45, 7) is 0.250. The van der Waals surface area contributed by atoms with Gasteiger partial charge in [0.15, 0.2) is 0 Å². The molecule has 0 bridgehead atoms. The third-order valence-corrected chi connectivity index (χ3v) is 1.70. The van der Waals surface area contributed by atoms with Crippen LogP contribution in [0, 0.1) is 0 Å². The van der Waals surface area contributed by atoms with Crippen LogP contribution in [0.4, 0.5) is 0 Å². The van der Waals surface area contributed by atoms with Crippen LogP contribution in [-0.4, -0.2) is 55.9 Å². The Morgan fingerprint density at radius 2 is 2.00 bits per heavy atom. The fraction of sp³-hybridized carbons (Fsp3) is 0.667. The van der Waals surface area contributed by atoms with E-state index in [2.05, 4.69) is 10.1 Å². The molecule has 0 aromatic heterocycles. The molecule has 17 heavy (non-hydrogen) atoms. The van der Waals surface area contributed by atoms with E-state index in [1.807, 2.05) is 0 Å². The molecule has 0 saturated heterocycles. The fourth-order valence-electron chi connectivity index (χ4n) is 0.944. The first-order valence-electron chi connectivity index (χ1n) is 4.84. The number of carbonyl (C=O) groups is 3. The Balaban J connectivity index is 3.96.